The van der Waals surface area contributed by atoms with E-state index in [-0.39, 0.29) is 5.41 Å². The Morgan fingerprint density at radius 2 is 1.61 bits per heavy atom. The molecular weight excluding hydrogens is 298 g/mol. The summed E-state index contributed by atoms with van der Waals surface area (Å²) in [5.41, 5.74) is 2.69. The SMILES string of the molecule is CC(C)(C)c1cc2sc3ccnc4c5ccccc5c(c1)c2c34. The molecule has 0 bridgehead atoms. The average molecular weight is 315 g/mol. The quantitative estimate of drug-likeness (QED) is 0.298. The minimum Gasteiger partial charge on any atom is -0.255 e. The highest BCUT2D eigenvalue weighted by molar-refractivity contribution is 7.26. The normalized spacial score (nSPS) is 13.0. The van der Waals surface area contributed by atoms with Gasteiger partial charge in [0.25, 0.3) is 0 Å². The van der Waals surface area contributed by atoms with Crippen LogP contribution in [0.4, 0.5) is 0 Å². The van der Waals surface area contributed by atoms with Crippen LogP contribution in [0.15, 0.2) is 48.7 Å². The molecule has 0 N–H and O–H groups in total. The number of nitrogens with zero attached hydrogens (tertiary/aromatic N) is 1. The first-order valence-corrected chi connectivity index (χ1v) is 8.81. The van der Waals surface area contributed by atoms with E-state index in [0.717, 1.165) is 5.52 Å². The number of aromatic nitrogens is 1. The van der Waals surface area contributed by atoms with Gasteiger partial charge in [0, 0.05) is 31.8 Å². The van der Waals surface area contributed by atoms with E-state index in [1.54, 1.807) is 0 Å². The first kappa shape index (κ1) is 13.3. The molecule has 3 aromatic carbocycles. The summed E-state index contributed by atoms with van der Waals surface area (Å²) in [6.07, 6.45) is 1.94. The summed E-state index contributed by atoms with van der Waals surface area (Å²) in [4.78, 5) is 4.71. The van der Waals surface area contributed by atoms with E-state index in [1.807, 2.05) is 17.5 Å². The fraction of sp³-hybridized carbons (Fsp3) is 0.190. The number of pyridine rings is 1. The smallest absolute Gasteiger partial charge is 0.0801 e. The van der Waals surface area contributed by atoms with Crippen molar-refractivity contribution in [2.24, 2.45) is 0 Å². The lowest BCUT2D eigenvalue weighted by molar-refractivity contribution is 0.592. The van der Waals surface area contributed by atoms with E-state index in [1.165, 1.54) is 41.9 Å². The third-order valence-electron chi connectivity index (χ3n) is 4.82. The molecule has 112 valence electrons. The Hall–Kier alpha value is -2.19. The predicted molar refractivity (Wildman–Crippen MR) is 102 cm³/mol. The van der Waals surface area contributed by atoms with Crippen molar-refractivity contribution in [2.45, 2.75) is 26.2 Å². The summed E-state index contributed by atoms with van der Waals surface area (Å²) in [5.74, 6) is 0. The van der Waals surface area contributed by atoms with Gasteiger partial charge in [-0.05, 0) is 39.9 Å². The summed E-state index contributed by atoms with van der Waals surface area (Å²) >= 11 is 1.89. The van der Waals surface area contributed by atoms with Gasteiger partial charge in [0.1, 0.15) is 0 Å². The van der Waals surface area contributed by atoms with Crippen molar-refractivity contribution in [3.63, 3.8) is 0 Å². The molecule has 5 rings (SSSR count). The fourth-order valence-corrected chi connectivity index (χ4v) is 4.78. The third kappa shape index (κ3) is 1.70. The van der Waals surface area contributed by atoms with E-state index >= 15 is 0 Å². The maximum absolute atomic E-state index is 4.71. The maximum atomic E-state index is 4.71. The molecule has 2 aromatic heterocycles. The van der Waals surface area contributed by atoms with Crippen LogP contribution < -0.4 is 0 Å². The minimum atomic E-state index is 0.147. The molecule has 0 saturated carbocycles. The molecule has 23 heavy (non-hydrogen) atoms. The molecular formula is C21H17NS. The molecule has 0 atom stereocenters. The zero-order chi connectivity index (χ0) is 15.8. The van der Waals surface area contributed by atoms with Crippen LogP contribution in [0.3, 0.4) is 0 Å². The Morgan fingerprint density at radius 1 is 0.826 bits per heavy atom. The van der Waals surface area contributed by atoms with Crippen molar-refractivity contribution in [1.82, 2.24) is 4.98 Å². The number of hydrogen-bond donors (Lipinski definition) is 0. The molecule has 0 aliphatic carbocycles. The zero-order valence-corrected chi connectivity index (χ0v) is 14.3. The van der Waals surface area contributed by atoms with Crippen LogP contribution in [-0.2, 0) is 5.41 Å². The molecule has 0 radical (unpaired) electrons. The highest BCUT2D eigenvalue weighted by Crippen LogP contribution is 2.45. The summed E-state index contributed by atoms with van der Waals surface area (Å²) in [6.45, 7) is 6.86. The van der Waals surface area contributed by atoms with Crippen molar-refractivity contribution in [1.29, 1.82) is 0 Å². The monoisotopic (exact) mass is 315 g/mol. The van der Waals surface area contributed by atoms with Crippen molar-refractivity contribution < 1.29 is 0 Å². The predicted octanol–water partition coefficient (Wildman–Crippen LogP) is 6.49. The first-order valence-electron chi connectivity index (χ1n) is 7.99. The molecule has 5 aromatic rings. The lowest BCUT2D eigenvalue weighted by atomic mass is 9.84. The Kier molecular flexibility index (Phi) is 2.43. The zero-order valence-electron chi connectivity index (χ0n) is 13.5. The van der Waals surface area contributed by atoms with E-state index in [4.69, 9.17) is 4.98 Å². The van der Waals surface area contributed by atoms with Crippen LogP contribution in [0.25, 0.3) is 41.8 Å². The average Bonchev–Trinajstić information content (AvgIpc) is 2.91. The molecule has 1 nitrogen and oxygen atoms in total. The Labute approximate surface area is 138 Å². The molecule has 2 heteroatoms. The Balaban J connectivity index is 2.16. The standard InChI is InChI=1S/C21H17NS/c1-21(2,3)12-10-15-13-6-4-5-7-14(13)20-19-16(8-9-22-20)23-17(11-12)18(15)19/h4-11H,1-3H3. The van der Waals surface area contributed by atoms with Crippen LogP contribution in [0.2, 0.25) is 0 Å². The van der Waals surface area contributed by atoms with Crippen LogP contribution >= 0.6 is 11.3 Å². The molecule has 0 aliphatic heterocycles. The lowest BCUT2D eigenvalue weighted by Crippen LogP contribution is -2.10. The Morgan fingerprint density at radius 3 is 2.39 bits per heavy atom. The van der Waals surface area contributed by atoms with Gasteiger partial charge in [-0.15, -0.1) is 11.3 Å². The number of thiophene rings is 1. The van der Waals surface area contributed by atoms with Gasteiger partial charge in [-0.3, -0.25) is 4.98 Å². The number of fused-ring (bicyclic) bond motifs is 3. The van der Waals surface area contributed by atoms with Gasteiger partial charge in [0.2, 0.25) is 0 Å². The third-order valence-corrected chi connectivity index (χ3v) is 5.93. The second-order valence-electron chi connectivity index (χ2n) is 7.33. The van der Waals surface area contributed by atoms with Gasteiger partial charge < -0.3 is 0 Å². The fourth-order valence-electron chi connectivity index (χ4n) is 3.62. The molecule has 0 spiro atoms. The van der Waals surface area contributed by atoms with Crippen LogP contribution in [0.5, 0.6) is 0 Å². The van der Waals surface area contributed by atoms with Crippen LogP contribution in [0, 0.1) is 0 Å². The topological polar surface area (TPSA) is 12.9 Å². The number of benzene rings is 3. The largest absolute Gasteiger partial charge is 0.255 e. The number of hydrogen-bond acceptors (Lipinski definition) is 2. The second-order valence-corrected chi connectivity index (χ2v) is 8.41. The molecule has 0 unspecified atom stereocenters. The van der Waals surface area contributed by atoms with Crippen molar-refractivity contribution in [3.05, 3.63) is 54.2 Å². The molecule has 0 fully saturated rings. The highest BCUT2D eigenvalue weighted by atomic mass is 32.1. The Bertz CT molecular complexity index is 1190. The minimum absolute atomic E-state index is 0.147. The molecule has 0 amide bonds. The van der Waals surface area contributed by atoms with Gasteiger partial charge in [-0.1, -0.05) is 45.0 Å². The van der Waals surface area contributed by atoms with Gasteiger partial charge in [-0.25, -0.2) is 0 Å². The molecule has 0 aliphatic rings. The number of rotatable bonds is 0. The van der Waals surface area contributed by atoms with Crippen LogP contribution in [0.1, 0.15) is 26.3 Å². The van der Waals surface area contributed by atoms with Gasteiger partial charge in [0.15, 0.2) is 0 Å². The van der Waals surface area contributed by atoms with Crippen LogP contribution in [-0.4, -0.2) is 4.98 Å². The van der Waals surface area contributed by atoms with E-state index in [9.17, 15) is 0 Å². The molecule has 0 saturated heterocycles. The first-order chi connectivity index (χ1) is 11.0. The maximum Gasteiger partial charge on any atom is 0.0801 e. The van der Waals surface area contributed by atoms with Crippen molar-refractivity contribution in [2.75, 3.05) is 0 Å². The van der Waals surface area contributed by atoms with Gasteiger partial charge >= 0.3 is 0 Å². The van der Waals surface area contributed by atoms with Crippen molar-refractivity contribution >= 4 is 53.2 Å². The van der Waals surface area contributed by atoms with E-state index in [2.05, 4.69) is 63.2 Å². The summed E-state index contributed by atoms with van der Waals surface area (Å²) in [5, 5.41) is 6.67. The highest BCUT2D eigenvalue weighted by Gasteiger charge is 2.20. The van der Waals surface area contributed by atoms with E-state index in [0.29, 0.717) is 0 Å². The molecule has 2 heterocycles. The summed E-state index contributed by atoms with van der Waals surface area (Å²) in [6, 6.07) is 15.6. The van der Waals surface area contributed by atoms with E-state index < -0.39 is 0 Å². The second kappa shape index (κ2) is 4.21. The summed E-state index contributed by atoms with van der Waals surface area (Å²) < 4.78 is 2.72. The summed E-state index contributed by atoms with van der Waals surface area (Å²) in [7, 11) is 0. The van der Waals surface area contributed by atoms with Crippen molar-refractivity contribution in [3.8, 4) is 0 Å². The lowest BCUT2D eigenvalue weighted by Gasteiger charge is -2.20. The van der Waals surface area contributed by atoms with Gasteiger partial charge in [-0.2, -0.15) is 0 Å². The van der Waals surface area contributed by atoms with Gasteiger partial charge in [0.05, 0.1) is 5.52 Å².